The van der Waals surface area contributed by atoms with E-state index in [1.807, 2.05) is 37.3 Å². The zero-order valence-corrected chi connectivity index (χ0v) is 17.9. The average molecular weight is 421 g/mol. The number of carbonyl (C=O) groups excluding carboxylic acids is 2. The number of hydrogen-bond acceptors (Lipinski definition) is 6. The highest BCUT2D eigenvalue weighted by Crippen LogP contribution is 2.21. The molecule has 0 fully saturated rings. The molecule has 2 aromatic carbocycles. The summed E-state index contributed by atoms with van der Waals surface area (Å²) in [5, 5.41) is 9.41. The summed E-state index contributed by atoms with van der Waals surface area (Å²) in [6.45, 7) is 5.81. The third-order valence-electron chi connectivity index (χ3n) is 4.74. The molecule has 3 rings (SSSR count). The van der Waals surface area contributed by atoms with Crippen LogP contribution in [-0.2, 0) is 16.0 Å². The molecule has 1 heterocycles. The number of ether oxygens (including phenoxy) is 1. The number of carbonyl (C=O) groups is 2. The molecule has 162 valence electrons. The van der Waals surface area contributed by atoms with Gasteiger partial charge in [-0.3, -0.25) is 9.79 Å². The van der Waals surface area contributed by atoms with Crippen molar-refractivity contribution in [3.05, 3.63) is 65.2 Å². The number of nitrogens with one attached hydrogen (secondary N) is 3. The predicted molar refractivity (Wildman–Crippen MR) is 124 cm³/mol. The smallest absolute Gasteiger partial charge is 0.330 e. The molecule has 0 radical (unpaired) electrons. The maximum Gasteiger partial charge on any atom is 0.330 e. The van der Waals surface area contributed by atoms with Gasteiger partial charge in [0.25, 0.3) is 5.91 Å². The van der Waals surface area contributed by atoms with Gasteiger partial charge in [-0.1, -0.05) is 19.1 Å². The number of aryl methyl sites for hydroxylation is 1. The number of nitrogens with zero attached hydrogens (tertiary/aromatic N) is 1. The Morgan fingerprint density at radius 3 is 2.81 bits per heavy atom. The van der Waals surface area contributed by atoms with E-state index in [0.717, 1.165) is 54.4 Å². The minimum Gasteiger partial charge on any atom is -0.463 e. The van der Waals surface area contributed by atoms with Crippen molar-refractivity contribution >= 4 is 35.3 Å². The molecule has 1 amide bonds. The van der Waals surface area contributed by atoms with Crippen molar-refractivity contribution < 1.29 is 14.3 Å². The van der Waals surface area contributed by atoms with E-state index >= 15 is 0 Å². The third-order valence-corrected chi connectivity index (χ3v) is 4.74. The molecule has 0 spiro atoms. The van der Waals surface area contributed by atoms with Crippen LogP contribution in [0, 0.1) is 0 Å². The van der Waals surface area contributed by atoms with Gasteiger partial charge < -0.3 is 20.7 Å². The first-order valence-corrected chi connectivity index (χ1v) is 10.5. The summed E-state index contributed by atoms with van der Waals surface area (Å²) in [6.07, 6.45) is 4.87. The topological polar surface area (TPSA) is 91.8 Å². The van der Waals surface area contributed by atoms with Gasteiger partial charge in [-0.25, -0.2) is 4.79 Å². The molecule has 1 aliphatic heterocycles. The normalized spacial score (nSPS) is 13.3. The summed E-state index contributed by atoms with van der Waals surface area (Å²) in [5.74, 6) is 0.163. The van der Waals surface area contributed by atoms with Crippen LogP contribution in [0.25, 0.3) is 6.08 Å². The molecule has 0 saturated carbocycles. The van der Waals surface area contributed by atoms with Crippen LogP contribution in [0.5, 0.6) is 0 Å². The van der Waals surface area contributed by atoms with Crippen LogP contribution in [0.1, 0.15) is 41.8 Å². The number of rotatable bonds is 7. The lowest BCUT2D eigenvalue weighted by atomic mass is 10.1. The summed E-state index contributed by atoms with van der Waals surface area (Å²) in [5.41, 5.74) is 3.95. The zero-order valence-electron chi connectivity index (χ0n) is 17.9. The number of anilines is 2. The van der Waals surface area contributed by atoms with E-state index in [0.29, 0.717) is 12.2 Å². The second kappa shape index (κ2) is 11.0. The Morgan fingerprint density at radius 2 is 2.06 bits per heavy atom. The molecule has 0 aromatic heterocycles. The minimum atomic E-state index is -0.374. The quantitative estimate of drug-likeness (QED) is 0.468. The van der Waals surface area contributed by atoms with Crippen LogP contribution in [0.3, 0.4) is 0 Å². The summed E-state index contributed by atoms with van der Waals surface area (Å²) in [7, 11) is 0. The molecule has 0 aliphatic carbocycles. The fourth-order valence-corrected chi connectivity index (χ4v) is 3.17. The first kappa shape index (κ1) is 22.1. The largest absolute Gasteiger partial charge is 0.463 e. The molecule has 7 heteroatoms. The predicted octanol–water partition coefficient (Wildman–Crippen LogP) is 3.84. The standard InChI is InChI=1S/C24H28N4O3/c1-3-18-15-17(10-12-22(29)31-4-2)9-11-21(18)28-23(30)19-7-5-8-20(16-19)27-24-25-13-6-14-26-24/h5,7-12,15-16H,3-4,6,13-14H2,1-2H3,(H,28,30)(H2,25,26,27)/b12-10+. The Labute approximate surface area is 182 Å². The average Bonchev–Trinajstić information content (AvgIpc) is 2.79. The monoisotopic (exact) mass is 420 g/mol. The van der Waals surface area contributed by atoms with Gasteiger partial charge in [-0.2, -0.15) is 0 Å². The van der Waals surface area contributed by atoms with E-state index in [-0.39, 0.29) is 11.9 Å². The first-order valence-electron chi connectivity index (χ1n) is 10.5. The molecular weight excluding hydrogens is 392 g/mol. The van der Waals surface area contributed by atoms with Crippen molar-refractivity contribution in [1.82, 2.24) is 5.32 Å². The van der Waals surface area contributed by atoms with Gasteiger partial charge in [-0.05, 0) is 67.3 Å². The highest BCUT2D eigenvalue weighted by atomic mass is 16.5. The van der Waals surface area contributed by atoms with Gasteiger partial charge in [0.2, 0.25) is 0 Å². The van der Waals surface area contributed by atoms with Gasteiger partial charge in [0, 0.05) is 36.1 Å². The van der Waals surface area contributed by atoms with Crippen molar-refractivity contribution in [3.8, 4) is 0 Å². The molecule has 0 atom stereocenters. The number of guanidine groups is 1. The van der Waals surface area contributed by atoms with Crippen LogP contribution in [-0.4, -0.2) is 37.5 Å². The highest BCUT2D eigenvalue weighted by Gasteiger charge is 2.11. The highest BCUT2D eigenvalue weighted by molar-refractivity contribution is 6.06. The molecule has 0 unspecified atom stereocenters. The van der Waals surface area contributed by atoms with E-state index < -0.39 is 0 Å². The maximum absolute atomic E-state index is 12.8. The summed E-state index contributed by atoms with van der Waals surface area (Å²) in [6, 6.07) is 13.0. The number of benzene rings is 2. The van der Waals surface area contributed by atoms with E-state index in [1.165, 1.54) is 6.08 Å². The number of amides is 1. The number of aliphatic imine (C=N–C) groups is 1. The molecule has 0 bridgehead atoms. The van der Waals surface area contributed by atoms with Gasteiger partial charge in [-0.15, -0.1) is 0 Å². The van der Waals surface area contributed by atoms with E-state index in [1.54, 1.807) is 25.1 Å². The fourth-order valence-electron chi connectivity index (χ4n) is 3.17. The Hall–Kier alpha value is -3.61. The fraction of sp³-hybridized carbons (Fsp3) is 0.292. The van der Waals surface area contributed by atoms with Gasteiger partial charge >= 0.3 is 5.97 Å². The molecule has 31 heavy (non-hydrogen) atoms. The maximum atomic E-state index is 12.8. The summed E-state index contributed by atoms with van der Waals surface area (Å²) >= 11 is 0. The molecular formula is C24H28N4O3. The van der Waals surface area contributed by atoms with Crippen molar-refractivity contribution in [3.63, 3.8) is 0 Å². The van der Waals surface area contributed by atoms with Crippen molar-refractivity contribution in [1.29, 1.82) is 0 Å². The first-order chi connectivity index (χ1) is 15.1. The van der Waals surface area contributed by atoms with Crippen LogP contribution < -0.4 is 16.0 Å². The molecule has 7 nitrogen and oxygen atoms in total. The lowest BCUT2D eigenvalue weighted by Crippen LogP contribution is -2.35. The van der Waals surface area contributed by atoms with Crippen LogP contribution >= 0.6 is 0 Å². The number of esters is 1. The Kier molecular flexibility index (Phi) is 7.81. The van der Waals surface area contributed by atoms with Crippen LogP contribution in [0.2, 0.25) is 0 Å². The summed E-state index contributed by atoms with van der Waals surface area (Å²) in [4.78, 5) is 28.7. The van der Waals surface area contributed by atoms with E-state index in [4.69, 9.17) is 4.74 Å². The Balaban J connectivity index is 1.70. The minimum absolute atomic E-state index is 0.188. The Morgan fingerprint density at radius 1 is 1.19 bits per heavy atom. The summed E-state index contributed by atoms with van der Waals surface area (Å²) < 4.78 is 4.90. The van der Waals surface area contributed by atoms with Crippen LogP contribution in [0.4, 0.5) is 11.4 Å². The molecule has 3 N–H and O–H groups in total. The van der Waals surface area contributed by atoms with E-state index in [9.17, 15) is 9.59 Å². The van der Waals surface area contributed by atoms with Gasteiger partial charge in [0.1, 0.15) is 0 Å². The Bertz CT molecular complexity index is 998. The van der Waals surface area contributed by atoms with Crippen molar-refractivity contribution in [2.45, 2.75) is 26.7 Å². The molecule has 1 aliphatic rings. The lowest BCUT2D eigenvalue weighted by Gasteiger charge is -2.16. The SMILES string of the molecule is CCOC(=O)/C=C/c1ccc(NC(=O)c2cccc(NC3=NCCCN3)c2)c(CC)c1. The van der Waals surface area contributed by atoms with Gasteiger partial charge in [0.15, 0.2) is 5.96 Å². The van der Waals surface area contributed by atoms with E-state index in [2.05, 4.69) is 20.9 Å². The third kappa shape index (κ3) is 6.44. The number of hydrogen-bond donors (Lipinski definition) is 3. The van der Waals surface area contributed by atoms with Crippen LogP contribution in [0.15, 0.2) is 53.5 Å². The van der Waals surface area contributed by atoms with Crippen molar-refractivity contribution in [2.24, 2.45) is 4.99 Å². The molecule has 2 aromatic rings. The second-order valence-electron chi connectivity index (χ2n) is 7.03. The lowest BCUT2D eigenvalue weighted by molar-refractivity contribution is -0.137. The molecule has 0 saturated heterocycles. The van der Waals surface area contributed by atoms with Gasteiger partial charge in [0.05, 0.1) is 6.61 Å². The second-order valence-corrected chi connectivity index (χ2v) is 7.03. The zero-order chi connectivity index (χ0) is 22.1. The van der Waals surface area contributed by atoms with Crippen molar-refractivity contribution in [2.75, 3.05) is 30.3 Å².